The number of benzene rings is 1. The number of nitrogens with zero attached hydrogens (tertiary/aromatic N) is 3. The molecule has 0 radical (unpaired) electrons. The van der Waals surface area contributed by atoms with Crippen molar-refractivity contribution in [1.29, 1.82) is 0 Å². The molecule has 1 aromatic rings. The van der Waals surface area contributed by atoms with E-state index in [0.717, 1.165) is 49.8 Å². The van der Waals surface area contributed by atoms with Crippen molar-refractivity contribution in [3.63, 3.8) is 0 Å². The van der Waals surface area contributed by atoms with E-state index < -0.39 is 0 Å². The Morgan fingerprint density at radius 2 is 1.87 bits per heavy atom. The highest BCUT2D eigenvalue weighted by atomic mass is 127. The summed E-state index contributed by atoms with van der Waals surface area (Å²) >= 11 is 0. The van der Waals surface area contributed by atoms with Gasteiger partial charge in [-0.15, -0.1) is 24.0 Å². The summed E-state index contributed by atoms with van der Waals surface area (Å²) in [6.45, 7) is 2.76. The van der Waals surface area contributed by atoms with Crippen molar-refractivity contribution in [2.75, 3.05) is 34.2 Å². The zero-order valence-corrected chi connectivity index (χ0v) is 21.3. The van der Waals surface area contributed by atoms with Crippen molar-refractivity contribution >= 4 is 41.8 Å². The molecule has 2 amide bonds. The summed E-state index contributed by atoms with van der Waals surface area (Å²) in [6, 6.07) is 8.31. The van der Waals surface area contributed by atoms with Crippen LogP contribution in [0.4, 0.5) is 0 Å². The molecule has 2 N–H and O–H groups in total. The standard InChI is InChI=1S/C23H35N5O2.HI/c1-24-22(26-17-23(11-4-5-12-23)21(30)27(2)3)25-15-18-8-6-9-19(14-18)16-28-13-7-10-20(28)29;/h6,8-9,14H,4-5,7,10-13,15-17H2,1-3H3,(H2,24,25,26);1H. The van der Waals surface area contributed by atoms with E-state index in [1.54, 1.807) is 11.9 Å². The highest BCUT2D eigenvalue weighted by Crippen LogP contribution is 2.38. The predicted molar refractivity (Wildman–Crippen MR) is 134 cm³/mol. The van der Waals surface area contributed by atoms with E-state index in [9.17, 15) is 9.59 Å². The summed E-state index contributed by atoms with van der Waals surface area (Å²) < 4.78 is 0. The van der Waals surface area contributed by atoms with E-state index in [1.807, 2.05) is 25.1 Å². The van der Waals surface area contributed by atoms with Crippen molar-refractivity contribution in [3.05, 3.63) is 35.4 Å². The summed E-state index contributed by atoms with van der Waals surface area (Å²) in [5.41, 5.74) is 1.96. The zero-order valence-electron chi connectivity index (χ0n) is 18.9. The number of halogens is 1. The third kappa shape index (κ3) is 6.57. The number of guanidine groups is 1. The highest BCUT2D eigenvalue weighted by Gasteiger charge is 2.42. The van der Waals surface area contributed by atoms with Gasteiger partial charge in [0.2, 0.25) is 11.8 Å². The Morgan fingerprint density at radius 3 is 2.48 bits per heavy atom. The van der Waals surface area contributed by atoms with Gasteiger partial charge < -0.3 is 20.4 Å². The minimum Gasteiger partial charge on any atom is -0.355 e. The number of hydrogen-bond acceptors (Lipinski definition) is 3. The molecular formula is C23H36IN5O2. The highest BCUT2D eigenvalue weighted by molar-refractivity contribution is 14.0. The van der Waals surface area contributed by atoms with E-state index in [0.29, 0.717) is 32.0 Å². The second-order valence-electron chi connectivity index (χ2n) is 8.71. The fourth-order valence-corrected chi connectivity index (χ4v) is 4.58. The molecule has 2 aliphatic rings. The number of amides is 2. The van der Waals surface area contributed by atoms with Gasteiger partial charge in [0, 0.05) is 53.7 Å². The van der Waals surface area contributed by atoms with Gasteiger partial charge in [0.05, 0.1) is 5.41 Å². The Bertz CT molecular complexity index is 790. The molecule has 1 aliphatic heterocycles. The lowest BCUT2D eigenvalue weighted by atomic mass is 9.84. The number of carbonyl (C=O) groups is 2. The van der Waals surface area contributed by atoms with Crippen molar-refractivity contribution in [2.45, 2.75) is 51.6 Å². The quantitative estimate of drug-likeness (QED) is 0.316. The average Bonchev–Trinajstić information content (AvgIpc) is 3.38. The molecule has 1 saturated heterocycles. The lowest BCUT2D eigenvalue weighted by Crippen LogP contribution is -2.49. The summed E-state index contributed by atoms with van der Waals surface area (Å²) in [7, 11) is 5.41. The number of hydrogen-bond donors (Lipinski definition) is 2. The van der Waals surface area contributed by atoms with E-state index in [1.165, 1.54) is 0 Å². The molecule has 31 heavy (non-hydrogen) atoms. The molecule has 1 heterocycles. The van der Waals surface area contributed by atoms with Crippen molar-refractivity contribution < 1.29 is 9.59 Å². The maximum absolute atomic E-state index is 12.7. The van der Waals surface area contributed by atoms with Crippen LogP contribution in [0, 0.1) is 5.41 Å². The van der Waals surface area contributed by atoms with Crippen LogP contribution in [0.1, 0.15) is 49.7 Å². The van der Waals surface area contributed by atoms with Gasteiger partial charge in [-0.1, -0.05) is 37.1 Å². The minimum absolute atomic E-state index is 0. The molecule has 8 heteroatoms. The first-order valence-electron chi connectivity index (χ1n) is 11.0. The smallest absolute Gasteiger partial charge is 0.230 e. The van der Waals surface area contributed by atoms with Gasteiger partial charge in [0.15, 0.2) is 5.96 Å². The van der Waals surface area contributed by atoms with Gasteiger partial charge in [-0.05, 0) is 30.4 Å². The number of carbonyl (C=O) groups excluding carboxylic acids is 2. The molecule has 1 aromatic carbocycles. The Kier molecular flexibility index (Phi) is 9.58. The van der Waals surface area contributed by atoms with Crippen molar-refractivity contribution in [1.82, 2.24) is 20.4 Å². The summed E-state index contributed by atoms with van der Waals surface area (Å²) in [6.07, 6.45) is 5.66. The minimum atomic E-state index is -0.330. The number of rotatable bonds is 7. The molecule has 0 atom stereocenters. The monoisotopic (exact) mass is 541 g/mol. The van der Waals surface area contributed by atoms with Crippen molar-refractivity contribution in [3.8, 4) is 0 Å². The topological polar surface area (TPSA) is 77.0 Å². The summed E-state index contributed by atoms with van der Waals surface area (Å²) in [5.74, 6) is 1.15. The van der Waals surface area contributed by atoms with E-state index in [4.69, 9.17) is 0 Å². The molecule has 7 nitrogen and oxygen atoms in total. The van der Waals surface area contributed by atoms with Gasteiger partial charge in [-0.2, -0.15) is 0 Å². The third-order valence-electron chi connectivity index (χ3n) is 6.23. The number of nitrogens with one attached hydrogen (secondary N) is 2. The summed E-state index contributed by atoms with van der Waals surface area (Å²) in [4.78, 5) is 32.6. The van der Waals surface area contributed by atoms with Gasteiger partial charge in [0.1, 0.15) is 0 Å². The molecule has 2 fully saturated rings. The number of likely N-dealkylation sites (tertiary alicyclic amines) is 1. The van der Waals surface area contributed by atoms with Gasteiger partial charge in [-0.3, -0.25) is 14.6 Å². The molecule has 1 saturated carbocycles. The van der Waals surface area contributed by atoms with Crippen LogP contribution in [0.2, 0.25) is 0 Å². The van der Waals surface area contributed by atoms with Crippen LogP contribution < -0.4 is 10.6 Å². The Balaban J connectivity index is 0.00000341. The first-order chi connectivity index (χ1) is 14.4. The fraction of sp³-hybridized carbons (Fsp3) is 0.609. The maximum atomic E-state index is 12.7. The lowest BCUT2D eigenvalue weighted by Gasteiger charge is -2.31. The molecule has 3 rings (SSSR count). The fourth-order valence-electron chi connectivity index (χ4n) is 4.58. The zero-order chi connectivity index (χ0) is 21.6. The van der Waals surface area contributed by atoms with Crippen LogP contribution in [0.15, 0.2) is 29.3 Å². The normalized spacial score (nSPS) is 18.0. The molecule has 0 unspecified atom stereocenters. The molecule has 172 valence electrons. The van der Waals surface area contributed by atoms with E-state index in [2.05, 4.69) is 33.8 Å². The van der Waals surface area contributed by atoms with Gasteiger partial charge >= 0.3 is 0 Å². The molecule has 0 spiro atoms. The second-order valence-corrected chi connectivity index (χ2v) is 8.71. The maximum Gasteiger partial charge on any atom is 0.230 e. The molecule has 1 aliphatic carbocycles. The Hall–Kier alpha value is -1.84. The van der Waals surface area contributed by atoms with Crippen LogP contribution in [-0.4, -0.2) is 61.8 Å². The van der Waals surface area contributed by atoms with Crippen LogP contribution in [0.5, 0.6) is 0 Å². The van der Waals surface area contributed by atoms with Crippen molar-refractivity contribution in [2.24, 2.45) is 10.4 Å². The SMILES string of the molecule is CN=C(NCc1cccc(CN2CCCC2=O)c1)NCC1(C(=O)N(C)C)CCCC1.I. The van der Waals surface area contributed by atoms with Crippen LogP contribution in [0.25, 0.3) is 0 Å². The largest absolute Gasteiger partial charge is 0.355 e. The van der Waals surface area contributed by atoms with Gasteiger partial charge in [0.25, 0.3) is 0 Å². The van der Waals surface area contributed by atoms with Crippen LogP contribution >= 0.6 is 24.0 Å². The molecule has 0 bridgehead atoms. The molecule has 0 aromatic heterocycles. The number of aliphatic imine (C=N–C) groups is 1. The lowest BCUT2D eigenvalue weighted by molar-refractivity contribution is -0.138. The first-order valence-corrected chi connectivity index (χ1v) is 11.0. The third-order valence-corrected chi connectivity index (χ3v) is 6.23. The van der Waals surface area contributed by atoms with Gasteiger partial charge in [-0.25, -0.2) is 0 Å². The van der Waals surface area contributed by atoms with Crippen LogP contribution in [0.3, 0.4) is 0 Å². The summed E-state index contributed by atoms with van der Waals surface area (Å²) in [5, 5.41) is 6.73. The Labute approximate surface area is 203 Å². The van der Waals surface area contributed by atoms with E-state index >= 15 is 0 Å². The van der Waals surface area contributed by atoms with Crippen LogP contribution in [-0.2, 0) is 22.7 Å². The second kappa shape index (κ2) is 11.7. The Morgan fingerprint density at radius 1 is 1.16 bits per heavy atom. The predicted octanol–water partition coefficient (Wildman–Crippen LogP) is 2.74. The first kappa shape index (κ1) is 25.4. The molecular weight excluding hydrogens is 505 g/mol. The average molecular weight is 541 g/mol. The van der Waals surface area contributed by atoms with E-state index in [-0.39, 0.29) is 41.2 Å².